The third-order valence-electron chi connectivity index (χ3n) is 3.59. The minimum atomic E-state index is -0.812. The minimum absolute atomic E-state index is 0.0507. The summed E-state index contributed by atoms with van der Waals surface area (Å²) in [5.74, 6) is -1.30. The molecule has 0 saturated heterocycles. The normalized spacial score (nSPS) is 10.2. The van der Waals surface area contributed by atoms with E-state index in [1.54, 1.807) is 12.1 Å². The Hall–Kier alpha value is -2.75. The largest absolute Gasteiger partial charge is 0.455 e. The zero-order chi connectivity index (χ0) is 17.2. The van der Waals surface area contributed by atoms with E-state index in [1.807, 2.05) is 48.5 Å². The molecule has 2 aromatic rings. The summed E-state index contributed by atoms with van der Waals surface area (Å²) in [6, 6.07) is 18.2. The predicted molar refractivity (Wildman–Crippen MR) is 90.5 cm³/mol. The van der Waals surface area contributed by atoms with Gasteiger partial charge in [0.1, 0.15) is 6.61 Å². The van der Waals surface area contributed by atoms with E-state index < -0.39 is 11.8 Å². The Morgan fingerprint density at radius 2 is 1.33 bits per heavy atom. The maximum atomic E-state index is 11.9. The maximum Gasteiger partial charge on any atom is 0.374 e. The van der Waals surface area contributed by atoms with Crippen molar-refractivity contribution in [1.29, 1.82) is 0 Å². The smallest absolute Gasteiger partial charge is 0.374 e. The van der Waals surface area contributed by atoms with Gasteiger partial charge in [-0.25, -0.2) is 4.79 Å². The van der Waals surface area contributed by atoms with E-state index in [0.717, 1.165) is 5.56 Å². The van der Waals surface area contributed by atoms with Crippen LogP contribution in [0.5, 0.6) is 0 Å². The maximum absolute atomic E-state index is 11.9. The molecule has 0 bridgehead atoms. The number of carbonyl (C=O) groups excluding carboxylic acids is 3. The van der Waals surface area contributed by atoms with Crippen molar-refractivity contribution in [3.05, 3.63) is 71.8 Å². The second-order valence-electron chi connectivity index (χ2n) is 5.48. The van der Waals surface area contributed by atoms with Gasteiger partial charge in [-0.3, -0.25) is 9.59 Å². The number of esters is 1. The molecule has 0 fully saturated rings. The van der Waals surface area contributed by atoms with Gasteiger partial charge < -0.3 is 4.74 Å². The van der Waals surface area contributed by atoms with Crippen LogP contribution in [0.1, 0.15) is 41.6 Å². The van der Waals surface area contributed by atoms with E-state index in [-0.39, 0.29) is 18.8 Å². The molecule has 0 aliphatic rings. The van der Waals surface area contributed by atoms with Crippen molar-refractivity contribution in [2.45, 2.75) is 32.3 Å². The Kier molecular flexibility index (Phi) is 6.90. The molecule has 0 amide bonds. The summed E-state index contributed by atoms with van der Waals surface area (Å²) in [5, 5.41) is 0. The van der Waals surface area contributed by atoms with Crippen molar-refractivity contribution >= 4 is 17.5 Å². The highest BCUT2D eigenvalue weighted by Crippen LogP contribution is 2.09. The summed E-state index contributed by atoms with van der Waals surface area (Å²) in [7, 11) is 0. The van der Waals surface area contributed by atoms with Crippen LogP contribution in [0.25, 0.3) is 0 Å². The SMILES string of the molecule is O=C(CCCCC(=O)c1ccccc1)C(=O)OCc1ccccc1. The first-order chi connectivity index (χ1) is 11.7. The van der Waals surface area contributed by atoms with E-state index >= 15 is 0 Å². The first-order valence-corrected chi connectivity index (χ1v) is 7.99. The van der Waals surface area contributed by atoms with Crippen LogP contribution in [0.2, 0.25) is 0 Å². The fourth-order valence-corrected chi connectivity index (χ4v) is 2.25. The monoisotopic (exact) mass is 324 g/mol. The van der Waals surface area contributed by atoms with Crippen LogP contribution in [0.15, 0.2) is 60.7 Å². The number of ketones is 2. The van der Waals surface area contributed by atoms with Gasteiger partial charge in [-0.1, -0.05) is 60.7 Å². The number of hydrogen-bond donors (Lipinski definition) is 0. The summed E-state index contributed by atoms with van der Waals surface area (Å²) in [5.41, 5.74) is 1.51. The standard InChI is InChI=1S/C20H20O4/c21-18(17-11-5-2-6-12-17)13-7-8-14-19(22)20(23)24-15-16-9-3-1-4-10-16/h1-6,9-12H,7-8,13-15H2. The highest BCUT2D eigenvalue weighted by atomic mass is 16.5. The van der Waals surface area contributed by atoms with Crippen LogP contribution in [0.4, 0.5) is 0 Å². The van der Waals surface area contributed by atoms with Gasteiger partial charge in [0.2, 0.25) is 5.78 Å². The lowest BCUT2D eigenvalue weighted by Gasteiger charge is -2.04. The molecule has 0 unspecified atom stereocenters. The lowest BCUT2D eigenvalue weighted by Crippen LogP contribution is -2.17. The molecule has 2 aromatic carbocycles. The lowest BCUT2D eigenvalue weighted by atomic mass is 10.0. The van der Waals surface area contributed by atoms with Crippen molar-refractivity contribution in [1.82, 2.24) is 0 Å². The Morgan fingerprint density at radius 1 is 0.750 bits per heavy atom. The molecule has 24 heavy (non-hydrogen) atoms. The summed E-state index contributed by atoms with van der Waals surface area (Å²) >= 11 is 0. The summed E-state index contributed by atoms with van der Waals surface area (Å²) in [4.78, 5) is 35.3. The Labute approximate surface area is 141 Å². The highest BCUT2D eigenvalue weighted by Gasteiger charge is 2.15. The van der Waals surface area contributed by atoms with Gasteiger partial charge in [-0.05, 0) is 18.4 Å². The Balaban J connectivity index is 1.64. The van der Waals surface area contributed by atoms with Gasteiger partial charge in [0.05, 0.1) is 0 Å². The van der Waals surface area contributed by atoms with E-state index in [4.69, 9.17) is 4.74 Å². The molecule has 4 nitrogen and oxygen atoms in total. The number of unbranched alkanes of at least 4 members (excludes halogenated alkanes) is 1. The fourth-order valence-electron chi connectivity index (χ4n) is 2.25. The van der Waals surface area contributed by atoms with Crippen molar-refractivity contribution in [2.75, 3.05) is 0 Å². The summed E-state index contributed by atoms with van der Waals surface area (Å²) in [6.07, 6.45) is 1.55. The fraction of sp³-hybridized carbons (Fsp3) is 0.250. The van der Waals surface area contributed by atoms with Crippen molar-refractivity contribution < 1.29 is 19.1 Å². The second kappa shape index (κ2) is 9.40. The third-order valence-corrected chi connectivity index (χ3v) is 3.59. The van der Waals surface area contributed by atoms with E-state index in [0.29, 0.717) is 24.8 Å². The molecule has 0 heterocycles. The average Bonchev–Trinajstić information content (AvgIpc) is 2.64. The Bertz CT molecular complexity index is 677. The molecule has 0 radical (unpaired) electrons. The molecular formula is C20H20O4. The lowest BCUT2D eigenvalue weighted by molar-refractivity contribution is -0.154. The molecule has 0 saturated carbocycles. The molecule has 0 atom stereocenters. The third kappa shape index (κ3) is 5.80. The van der Waals surface area contributed by atoms with Crippen LogP contribution < -0.4 is 0 Å². The zero-order valence-electron chi connectivity index (χ0n) is 13.4. The van der Waals surface area contributed by atoms with E-state index in [9.17, 15) is 14.4 Å². The number of benzene rings is 2. The van der Waals surface area contributed by atoms with E-state index in [1.165, 1.54) is 0 Å². The van der Waals surface area contributed by atoms with Crippen molar-refractivity contribution in [3.63, 3.8) is 0 Å². The number of carbonyl (C=O) groups is 3. The molecule has 2 rings (SSSR count). The quantitative estimate of drug-likeness (QED) is 0.305. The van der Waals surface area contributed by atoms with Crippen LogP contribution in [-0.2, 0) is 20.9 Å². The summed E-state index contributed by atoms with van der Waals surface area (Å²) < 4.78 is 4.98. The molecule has 0 aliphatic heterocycles. The molecule has 0 aliphatic carbocycles. The topological polar surface area (TPSA) is 60.4 Å². The minimum Gasteiger partial charge on any atom is -0.455 e. The first kappa shape index (κ1) is 17.6. The Morgan fingerprint density at radius 3 is 2.00 bits per heavy atom. The van der Waals surface area contributed by atoms with Gasteiger partial charge in [-0.15, -0.1) is 0 Å². The molecule has 0 spiro atoms. The number of Topliss-reactive ketones (excluding diaryl/α,β-unsaturated/α-hetero) is 2. The molecule has 0 N–H and O–H groups in total. The molecular weight excluding hydrogens is 304 g/mol. The van der Waals surface area contributed by atoms with E-state index in [2.05, 4.69) is 0 Å². The zero-order valence-corrected chi connectivity index (χ0v) is 13.4. The predicted octanol–water partition coefficient (Wildman–Crippen LogP) is 3.74. The van der Waals surface area contributed by atoms with Crippen LogP contribution >= 0.6 is 0 Å². The van der Waals surface area contributed by atoms with Crippen LogP contribution in [0.3, 0.4) is 0 Å². The number of ether oxygens (including phenoxy) is 1. The highest BCUT2D eigenvalue weighted by molar-refractivity contribution is 6.33. The summed E-state index contributed by atoms with van der Waals surface area (Å²) in [6.45, 7) is 0.0951. The van der Waals surface area contributed by atoms with Gasteiger partial charge in [0.15, 0.2) is 5.78 Å². The first-order valence-electron chi connectivity index (χ1n) is 7.99. The van der Waals surface area contributed by atoms with Crippen LogP contribution in [0, 0.1) is 0 Å². The van der Waals surface area contributed by atoms with Crippen LogP contribution in [-0.4, -0.2) is 17.5 Å². The second-order valence-corrected chi connectivity index (χ2v) is 5.48. The van der Waals surface area contributed by atoms with Gasteiger partial charge in [0, 0.05) is 18.4 Å². The number of rotatable bonds is 9. The molecule has 0 aromatic heterocycles. The van der Waals surface area contributed by atoms with Gasteiger partial charge >= 0.3 is 5.97 Å². The van der Waals surface area contributed by atoms with Gasteiger partial charge in [0.25, 0.3) is 0 Å². The molecule has 4 heteroatoms. The van der Waals surface area contributed by atoms with Crippen molar-refractivity contribution in [3.8, 4) is 0 Å². The number of hydrogen-bond acceptors (Lipinski definition) is 4. The average molecular weight is 324 g/mol. The van der Waals surface area contributed by atoms with Crippen molar-refractivity contribution in [2.24, 2.45) is 0 Å². The molecule has 124 valence electrons. The van der Waals surface area contributed by atoms with Gasteiger partial charge in [-0.2, -0.15) is 0 Å².